The maximum Gasteiger partial charge on any atom is 0.255 e. The fourth-order valence-corrected chi connectivity index (χ4v) is 5.97. The molecule has 1 unspecified atom stereocenters. The lowest BCUT2D eigenvalue weighted by molar-refractivity contribution is -0.127. The second-order valence-electron chi connectivity index (χ2n) is 9.84. The first-order chi connectivity index (χ1) is 16.7. The molecule has 180 valence electrons. The largest absolute Gasteiger partial charge is 0.511 e. The van der Waals surface area contributed by atoms with Crippen molar-refractivity contribution in [3.63, 3.8) is 0 Å². The minimum Gasteiger partial charge on any atom is -0.511 e. The molecular weight excluding hydrogens is 446 g/mol. The second kappa shape index (κ2) is 8.41. The van der Waals surface area contributed by atoms with Crippen molar-refractivity contribution in [1.82, 2.24) is 0 Å². The number of nitrogens with two attached hydrogens (primary N) is 1. The van der Waals surface area contributed by atoms with Gasteiger partial charge in [-0.15, -0.1) is 0 Å². The summed E-state index contributed by atoms with van der Waals surface area (Å²) in [6.07, 6.45) is 2.25. The number of aryl methyl sites for hydroxylation is 3. The number of aliphatic hydroxyl groups excluding tert-OH is 2. The lowest BCUT2D eigenvalue weighted by Crippen LogP contribution is -2.44. The highest BCUT2D eigenvalue weighted by Crippen LogP contribution is 2.50. The number of phenols is 1. The minimum absolute atomic E-state index is 0.0591. The fraction of sp³-hybridized carbons (Fsp3) is 0.321. The molecule has 3 aliphatic carbocycles. The van der Waals surface area contributed by atoms with Gasteiger partial charge in [0.1, 0.15) is 22.8 Å². The van der Waals surface area contributed by atoms with E-state index in [1.807, 2.05) is 13.0 Å². The van der Waals surface area contributed by atoms with Gasteiger partial charge < -0.3 is 21.1 Å². The quantitative estimate of drug-likeness (QED) is 0.502. The van der Waals surface area contributed by atoms with Crippen LogP contribution in [0.4, 0.5) is 0 Å². The van der Waals surface area contributed by atoms with Gasteiger partial charge in [-0.2, -0.15) is 0 Å². The predicted octanol–water partition coefficient (Wildman–Crippen LogP) is 3.40. The van der Waals surface area contributed by atoms with Crippen molar-refractivity contribution in [2.45, 2.75) is 39.0 Å². The van der Waals surface area contributed by atoms with Gasteiger partial charge in [0.15, 0.2) is 11.6 Å². The SMILES string of the molecule is Cc1ccc(CCc2ccc(O)c3c2C[C@H]2C[C@H]4CC(=O)C(C(N)=O)=C(O)C4C(=O)C2=C3O)cc1. The Balaban J connectivity index is 1.53. The topological polar surface area (TPSA) is 138 Å². The lowest BCUT2D eigenvalue weighted by Gasteiger charge is -2.41. The molecule has 5 rings (SSSR count). The maximum atomic E-state index is 13.5. The number of allylic oxidation sites excluding steroid dienone is 2. The molecule has 3 atom stereocenters. The molecule has 1 fully saturated rings. The van der Waals surface area contributed by atoms with E-state index >= 15 is 0 Å². The third kappa shape index (κ3) is 3.71. The van der Waals surface area contributed by atoms with Gasteiger partial charge in [-0.05, 0) is 67.2 Å². The van der Waals surface area contributed by atoms with Crippen molar-refractivity contribution in [3.8, 4) is 5.75 Å². The molecule has 0 heterocycles. The Kier molecular flexibility index (Phi) is 5.50. The molecule has 2 aromatic rings. The molecule has 0 aromatic heterocycles. The first-order valence-electron chi connectivity index (χ1n) is 11.8. The molecule has 5 N–H and O–H groups in total. The van der Waals surface area contributed by atoms with E-state index in [4.69, 9.17) is 5.73 Å². The van der Waals surface area contributed by atoms with Crippen LogP contribution in [0.2, 0.25) is 0 Å². The number of carbonyl (C=O) groups excluding carboxylic acids is 3. The average molecular weight is 474 g/mol. The van der Waals surface area contributed by atoms with Gasteiger partial charge >= 0.3 is 0 Å². The highest BCUT2D eigenvalue weighted by atomic mass is 16.3. The molecule has 7 heteroatoms. The minimum atomic E-state index is -1.10. The Labute approximate surface area is 202 Å². The van der Waals surface area contributed by atoms with Gasteiger partial charge in [-0.3, -0.25) is 14.4 Å². The van der Waals surface area contributed by atoms with E-state index in [1.165, 1.54) is 17.2 Å². The van der Waals surface area contributed by atoms with Crippen LogP contribution in [0.1, 0.15) is 40.7 Å². The van der Waals surface area contributed by atoms with Crippen LogP contribution in [0.5, 0.6) is 5.75 Å². The van der Waals surface area contributed by atoms with E-state index in [0.29, 0.717) is 19.3 Å². The molecule has 2 aromatic carbocycles. The Bertz CT molecular complexity index is 1330. The van der Waals surface area contributed by atoms with Crippen LogP contribution >= 0.6 is 0 Å². The number of fused-ring (bicyclic) bond motifs is 3. The average Bonchev–Trinajstić information content (AvgIpc) is 2.78. The number of aliphatic hydroxyl groups is 2. The van der Waals surface area contributed by atoms with Crippen LogP contribution in [0.25, 0.3) is 5.76 Å². The van der Waals surface area contributed by atoms with Crippen molar-refractivity contribution in [2.24, 2.45) is 23.5 Å². The molecule has 7 nitrogen and oxygen atoms in total. The van der Waals surface area contributed by atoms with E-state index in [9.17, 15) is 29.7 Å². The standard InChI is InChI=1S/C28H27NO6/c1-13-2-4-14(5-3-13)6-7-15-8-9-19(30)23-18(15)11-16-10-17-12-20(31)24(28(29)35)27(34)22(17)25(32)21(16)26(23)33/h2-5,8-9,16-17,22,30,33-34H,6-7,10-12H2,1H3,(H2,29,35)/t16-,17+,22?/m1/s1. The first kappa shape index (κ1) is 22.9. The molecule has 0 bridgehead atoms. The van der Waals surface area contributed by atoms with E-state index < -0.39 is 40.6 Å². The molecule has 0 radical (unpaired) electrons. The van der Waals surface area contributed by atoms with Crippen molar-refractivity contribution in [2.75, 3.05) is 0 Å². The zero-order chi connectivity index (χ0) is 25.0. The summed E-state index contributed by atoms with van der Waals surface area (Å²) in [5, 5.41) is 32.4. The number of phenolic OH excluding ortho intramolecular Hbond substituents is 1. The summed E-state index contributed by atoms with van der Waals surface area (Å²) in [6.45, 7) is 2.03. The second-order valence-corrected chi connectivity index (χ2v) is 9.84. The molecule has 0 aliphatic heterocycles. The lowest BCUT2D eigenvalue weighted by atomic mass is 9.61. The maximum absolute atomic E-state index is 13.5. The molecule has 35 heavy (non-hydrogen) atoms. The van der Waals surface area contributed by atoms with Crippen LogP contribution in [0.15, 0.2) is 53.3 Å². The van der Waals surface area contributed by atoms with Gasteiger partial charge in [0.2, 0.25) is 0 Å². The van der Waals surface area contributed by atoms with Crippen LogP contribution in [-0.4, -0.2) is 32.8 Å². The Hall–Kier alpha value is -3.87. The number of carbonyl (C=O) groups is 3. The van der Waals surface area contributed by atoms with Crippen molar-refractivity contribution in [3.05, 3.63) is 81.1 Å². The third-order valence-electron chi connectivity index (χ3n) is 7.67. The van der Waals surface area contributed by atoms with Gasteiger partial charge in [0, 0.05) is 12.0 Å². The summed E-state index contributed by atoms with van der Waals surface area (Å²) in [7, 11) is 0. The van der Waals surface area contributed by atoms with E-state index in [2.05, 4.69) is 24.3 Å². The summed E-state index contributed by atoms with van der Waals surface area (Å²) in [6, 6.07) is 11.7. The number of benzene rings is 2. The number of Topliss-reactive ketones (excluding diaryl/α,β-unsaturated/α-hetero) is 2. The summed E-state index contributed by atoms with van der Waals surface area (Å²) in [5.74, 6) is -5.10. The van der Waals surface area contributed by atoms with E-state index in [-0.39, 0.29) is 35.0 Å². The molecule has 0 saturated heterocycles. The molecule has 3 aliphatic rings. The number of hydrogen-bond donors (Lipinski definition) is 4. The summed E-state index contributed by atoms with van der Waals surface area (Å²) in [4.78, 5) is 37.6. The smallest absolute Gasteiger partial charge is 0.255 e. The zero-order valence-corrected chi connectivity index (χ0v) is 19.4. The van der Waals surface area contributed by atoms with Gasteiger partial charge in [-0.1, -0.05) is 35.9 Å². The Morgan fingerprint density at radius 2 is 1.71 bits per heavy atom. The summed E-state index contributed by atoms with van der Waals surface area (Å²) in [5.41, 5.74) is 9.26. The predicted molar refractivity (Wildman–Crippen MR) is 129 cm³/mol. The number of aromatic hydroxyl groups is 1. The Morgan fingerprint density at radius 1 is 1.00 bits per heavy atom. The van der Waals surface area contributed by atoms with Crippen LogP contribution in [-0.2, 0) is 33.6 Å². The molecule has 1 amide bonds. The monoisotopic (exact) mass is 473 g/mol. The van der Waals surface area contributed by atoms with Crippen molar-refractivity contribution < 1.29 is 29.7 Å². The zero-order valence-electron chi connectivity index (χ0n) is 19.4. The highest BCUT2D eigenvalue weighted by Gasteiger charge is 2.50. The molecule has 1 saturated carbocycles. The van der Waals surface area contributed by atoms with Gasteiger partial charge in [0.25, 0.3) is 5.91 Å². The number of hydrogen-bond acceptors (Lipinski definition) is 6. The van der Waals surface area contributed by atoms with Crippen LogP contribution < -0.4 is 5.73 Å². The number of amides is 1. The fourth-order valence-electron chi connectivity index (χ4n) is 5.97. The third-order valence-corrected chi connectivity index (χ3v) is 7.67. The number of primary amides is 1. The highest BCUT2D eigenvalue weighted by molar-refractivity contribution is 6.21. The molecule has 0 spiro atoms. The summed E-state index contributed by atoms with van der Waals surface area (Å²) < 4.78 is 0. The van der Waals surface area contributed by atoms with E-state index in [0.717, 1.165) is 17.5 Å². The normalized spacial score (nSPS) is 23.6. The first-order valence-corrected chi connectivity index (χ1v) is 11.8. The van der Waals surface area contributed by atoms with Gasteiger partial charge in [-0.25, -0.2) is 0 Å². The number of ketones is 2. The summed E-state index contributed by atoms with van der Waals surface area (Å²) >= 11 is 0. The van der Waals surface area contributed by atoms with Crippen molar-refractivity contribution >= 4 is 23.2 Å². The van der Waals surface area contributed by atoms with E-state index in [1.54, 1.807) is 0 Å². The molecular formula is C28H27NO6. The van der Waals surface area contributed by atoms with Crippen LogP contribution in [0, 0.1) is 24.7 Å². The Morgan fingerprint density at radius 3 is 2.40 bits per heavy atom. The van der Waals surface area contributed by atoms with Gasteiger partial charge in [0.05, 0.1) is 11.5 Å². The number of rotatable bonds is 4. The van der Waals surface area contributed by atoms with Crippen molar-refractivity contribution in [1.29, 1.82) is 0 Å². The van der Waals surface area contributed by atoms with Crippen LogP contribution in [0.3, 0.4) is 0 Å².